The Balaban J connectivity index is 2.19. The molecule has 7 heteroatoms. The monoisotopic (exact) mass is 399 g/mol. The van der Waals surface area contributed by atoms with Crippen LogP contribution in [0.4, 0.5) is 4.39 Å². The fourth-order valence-corrected chi connectivity index (χ4v) is 3.43. The van der Waals surface area contributed by atoms with Crippen LogP contribution < -0.4 is 4.74 Å². The average Bonchev–Trinajstić information content (AvgIpc) is 2.95. The lowest BCUT2D eigenvalue weighted by Crippen LogP contribution is -2.30. The standard InChI is InChI=1S/C22H22FNO5/c1-3-11-24-19(14-7-10-16(25)17(12-14)29-4-2)18(21(27)22(24)28)20(26)13-5-8-15(23)9-6-13/h5-10,12,19,25-26H,3-4,11H2,1-2H3/b20-18-. The van der Waals surface area contributed by atoms with Gasteiger partial charge in [-0.05, 0) is 55.3 Å². The summed E-state index contributed by atoms with van der Waals surface area (Å²) in [6.07, 6.45) is 0.608. The van der Waals surface area contributed by atoms with E-state index in [0.717, 1.165) is 0 Å². The Morgan fingerprint density at radius 2 is 1.83 bits per heavy atom. The maximum absolute atomic E-state index is 13.3. The normalized spacial score (nSPS) is 18.3. The molecule has 0 aromatic heterocycles. The molecule has 0 spiro atoms. The fourth-order valence-electron chi connectivity index (χ4n) is 3.43. The minimum Gasteiger partial charge on any atom is -0.507 e. The lowest BCUT2D eigenvalue weighted by Gasteiger charge is -2.25. The Labute approximate surface area is 167 Å². The number of aliphatic hydroxyl groups is 1. The first-order chi connectivity index (χ1) is 13.9. The van der Waals surface area contributed by atoms with Crippen molar-refractivity contribution in [2.45, 2.75) is 26.3 Å². The van der Waals surface area contributed by atoms with Gasteiger partial charge < -0.3 is 19.8 Å². The summed E-state index contributed by atoms with van der Waals surface area (Å²) in [6.45, 7) is 4.27. The van der Waals surface area contributed by atoms with E-state index in [9.17, 15) is 24.2 Å². The van der Waals surface area contributed by atoms with E-state index in [2.05, 4.69) is 0 Å². The second kappa shape index (κ2) is 8.34. The van der Waals surface area contributed by atoms with Gasteiger partial charge in [0, 0.05) is 12.1 Å². The van der Waals surface area contributed by atoms with Gasteiger partial charge in [0.15, 0.2) is 11.5 Å². The lowest BCUT2D eigenvalue weighted by atomic mass is 9.95. The van der Waals surface area contributed by atoms with Crippen molar-refractivity contribution in [3.8, 4) is 11.5 Å². The highest BCUT2D eigenvalue weighted by Gasteiger charge is 2.45. The van der Waals surface area contributed by atoms with Gasteiger partial charge in [-0.25, -0.2) is 4.39 Å². The van der Waals surface area contributed by atoms with Gasteiger partial charge in [0.2, 0.25) is 0 Å². The first-order valence-corrected chi connectivity index (χ1v) is 9.39. The summed E-state index contributed by atoms with van der Waals surface area (Å²) >= 11 is 0. The number of phenolic OH excluding ortho intramolecular Hbond substituents is 1. The molecule has 1 heterocycles. The molecular formula is C22H22FNO5. The number of nitrogens with zero attached hydrogens (tertiary/aromatic N) is 1. The molecule has 0 saturated carbocycles. The lowest BCUT2D eigenvalue weighted by molar-refractivity contribution is -0.139. The van der Waals surface area contributed by atoms with Crippen LogP contribution in [-0.4, -0.2) is 40.0 Å². The molecule has 0 radical (unpaired) electrons. The van der Waals surface area contributed by atoms with Crippen LogP contribution in [0.2, 0.25) is 0 Å². The van der Waals surface area contributed by atoms with Crippen molar-refractivity contribution < 1.29 is 28.9 Å². The minimum atomic E-state index is -0.847. The number of halogens is 1. The molecule has 6 nitrogen and oxygen atoms in total. The molecule has 1 atom stereocenters. The molecule has 1 aliphatic heterocycles. The van der Waals surface area contributed by atoms with Crippen LogP contribution in [-0.2, 0) is 9.59 Å². The summed E-state index contributed by atoms with van der Waals surface area (Å²) < 4.78 is 18.7. The van der Waals surface area contributed by atoms with Crippen molar-refractivity contribution >= 4 is 17.4 Å². The molecule has 0 aliphatic carbocycles. The molecular weight excluding hydrogens is 377 g/mol. The fraction of sp³-hybridized carbons (Fsp3) is 0.273. The zero-order valence-electron chi connectivity index (χ0n) is 16.2. The van der Waals surface area contributed by atoms with Crippen molar-refractivity contribution in [2.24, 2.45) is 0 Å². The molecule has 3 rings (SSSR count). The van der Waals surface area contributed by atoms with Crippen LogP contribution in [0.3, 0.4) is 0 Å². The number of ketones is 1. The van der Waals surface area contributed by atoms with E-state index < -0.39 is 23.5 Å². The highest BCUT2D eigenvalue weighted by Crippen LogP contribution is 2.41. The van der Waals surface area contributed by atoms with Gasteiger partial charge in [-0.1, -0.05) is 13.0 Å². The zero-order chi connectivity index (χ0) is 21.1. The van der Waals surface area contributed by atoms with Crippen LogP contribution in [0.5, 0.6) is 11.5 Å². The number of hydrogen-bond acceptors (Lipinski definition) is 5. The highest BCUT2D eigenvalue weighted by molar-refractivity contribution is 6.46. The van der Waals surface area contributed by atoms with Crippen molar-refractivity contribution in [1.82, 2.24) is 4.90 Å². The predicted octanol–water partition coefficient (Wildman–Crippen LogP) is 3.76. The Morgan fingerprint density at radius 3 is 2.45 bits per heavy atom. The molecule has 2 aromatic carbocycles. The van der Waals surface area contributed by atoms with E-state index in [1.54, 1.807) is 19.1 Å². The number of Topliss-reactive ketones (excluding diaryl/α,β-unsaturated/α-hetero) is 1. The molecule has 152 valence electrons. The number of hydrogen-bond donors (Lipinski definition) is 2. The van der Waals surface area contributed by atoms with Gasteiger partial charge >= 0.3 is 0 Å². The number of likely N-dealkylation sites (tertiary alicyclic amines) is 1. The summed E-state index contributed by atoms with van der Waals surface area (Å²) in [5.41, 5.74) is 0.667. The largest absolute Gasteiger partial charge is 0.507 e. The number of amides is 1. The topological polar surface area (TPSA) is 87.1 Å². The van der Waals surface area contributed by atoms with E-state index in [1.165, 1.54) is 35.2 Å². The molecule has 0 bridgehead atoms. The smallest absolute Gasteiger partial charge is 0.295 e. The quantitative estimate of drug-likeness (QED) is 0.439. The third-order valence-electron chi connectivity index (χ3n) is 4.72. The number of carbonyl (C=O) groups excluding carboxylic acids is 2. The molecule has 2 N–H and O–H groups in total. The summed E-state index contributed by atoms with van der Waals surface area (Å²) in [5.74, 6) is -2.24. The van der Waals surface area contributed by atoms with E-state index in [1.807, 2.05) is 6.92 Å². The minimum absolute atomic E-state index is 0.0680. The van der Waals surface area contributed by atoms with Gasteiger partial charge in [0.25, 0.3) is 11.7 Å². The number of aromatic hydroxyl groups is 1. The maximum atomic E-state index is 13.3. The van der Waals surface area contributed by atoms with Crippen LogP contribution in [0.25, 0.3) is 5.76 Å². The van der Waals surface area contributed by atoms with Crippen molar-refractivity contribution in [3.05, 3.63) is 65.0 Å². The van der Waals surface area contributed by atoms with E-state index >= 15 is 0 Å². The van der Waals surface area contributed by atoms with Crippen LogP contribution >= 0.6 is 0 Å². The number of ether oxygens (including phenoxy) is 1. The highest BCUT2D eigenvalue weighted by atomic mass is 19.1. The Bertz CT molecular complexity index is 968. The van der Waals surface area contributed by atoms with Crippen LogP contribution in [0.1, 0.15) is 37.4 Å². The third-order valence-corrected chi connectivity index (χ3v) is 4.72. The van der Waals surface area contributed by atoms with Gasteiger partial charge in [-0.2, -0.15) is 0 Å². The predicted molar refractivity (Wildman–Crippen MR) is 105 cm³/mol. The van der Waals surface area contributed by atoms with Gasteiger partial charge in [-0.15, -0.1) is 0 Å². The third kappa shape index (κ3) is 3.81. The van der Waals surface area contributed by atoms with Crippen molar-refractivity contribution in [3.63, 3.8) is 0 Å². The Morgan fingerprint density at radius 1 is 1.14 bits per heavy atom. The number of phenols is 1. The van der Waals surface area contributed by atoms with E-state index in [4.69, 9.17) is 4.74 Å². The van der Waals surface area contributed by atoms with E-state index in [-0.39, 0.29) is 28.4 Å². The maximum Gasteiger partial charge on any atom is 0.295 e. The number of aliphatic hydroxyl groups excluding tert-OH is 1. The summed E-state index contributed by atoms with van der Waals surface area (Å²) in [4.78, 5) is 26.8. The molecule has 1 saturated heterocycles. The Kier molecular flexibility index (Phi) is 5.87. The number of benzene rings is 2. The van der Waals surface area contributed by atoms with E-state index in [0.29, 0.717) is 25.1 Å². The zero-order valence-corrected chi connectivity index (χ0v) is 16.2. The molecule has 29 heavy (non-hydrogen) atoms. The van der Waals surface area contributed by atoms with Gasteiger partial charge in [-0.3, -0.25) is 9.59 Å². The van der Waals surface area contributed by atoms with Gasteiger partial charge in [0.1, 0.15) is 11.6 Å². The molecule has 1 aliphatic rings. The molecule has 1 amide bonds. The molecule has 2 aromatic rings. The number of rotatable bonds is 6. The van der Waals surface area contributed by atoms with Crippen molar-refractivity contribution in [1.29, 1.82) is 0 Å². The molecule has 1 unspecified atom stereocenters. The SMILES string of the molecule is CCCN1C(=O)C(=O)/C(=C(\O)c2ccc(F)cc2)C1c1ccc(O)c(OCC)c1. The summed E-state index contributed by atoms with van der Waals surface area (Å²) in [5, 5.41) is 20.8. The number of carbonyl (C=O) groups is 2. The first kappa shape index (κ1) is 20.4. The first-order valence-electron chi connectivity index (χ1n) is 9.39. The average molecular weight is 399 g/mol. The molecule has 1 fully saturated rings. The van der Waals surface area contributed by atoms with Gasteiger partial charge in [0.05, 0.1) is 18.2 Å². The Hall–Kier alpha value is -3.35. The van der Waals surface area contributed by atoms with Crippen LogP contribution in [0.15, 0.2) is 48.0 Å². The van der Waals surface area contributed by atoms with Crippen molar-refractivity contribution in [2.75, 3.05) is 13.2 Å². The second-order valence-corrected chi connectivity index (χ2v) is 6.66. The van der Waals surface area contributed by atoms with Crippen LogP contribution in [0, 0.1) is 5.82 Å². The summed E-state index contributed by atoms with van der Waals surface area (Å²) in [6, 6.07) is 8.73. The second-order valence-electron chi connectivity index (χ2n) is 6.66. The summed E-state index contributed by atoms with van der Waals surface area (Å²) in [7, 11) is 0.